The van der Waals surface area contributed by atoms with E-state index in [0.29, 0.717) is 13.0 Å². The van der Waals surface area contributed by atoms with Gasteiger partial charge in [0.15, 0.2) is 0 Å². The Hall–Kier alpha value is -2.33. The number of benzene rings is 2. The summed E-state index contributed by atoms with van der Waals surface area (Å²) in [5.74, 6) is 0.580. The lowest BCUT2D eigenvalue weighted by Crippen LogP contribution is -2.36. The molecule has 0 radical (unpaired) electrons. The van der Waals surface area contributed by atoms with E-state index in [4.69, 9.17) is 10.5 Å². The topological polar surface area (TPSA) is 64.3 Å². The maximum atomic E-state index is 11.9. The molecule has 104 valence electrons. The Kier molecular flexibility index (Phi) is 5.15. The molecule has 2 aromatic rings. The first-order valence-electron chi connectivity index (χ1n) is 6.55. The average Bonchev–Trinajstić information content (AvgIpc) is 2.49. The summed E-state index contributed by atoms with van der Waals surface area (Å²) in [7, 11) is 0. The highest BCUT2D eigenvalue weighted by Crippen LogP contribution is 2.09. The average molecular weight is 270 g/mol. The van der Waals surface area contributed by atoms with E-state index in [2.05, 4.69) is 5.32 Å². The van der Waals surface area contributed by atoms with Crippen molar-refractivity contribution in [3.8, 4) is 5.75 Å². The number of carbonyl (C=O) groups excluding carboxylic acids is 1. The second kappa shape index (κ2) is 7.31. The molecule has 20 heavy (non-hydrogen) atoms. The Morgan fingerprint density at radius 3 is 2.30 bits per heavy atom. The van der Waals surface area contributed by atoms with E-state index in [1.165, 1.54) is 0 Å². The van der Waals surface area contributed by atoms with Gasteiger partial charge >= 0.3 is 0 Å². The van der Waals surface area contributed by atoms with E-state index in [1.807, 2.05) is 60.7 Å². The number of ether oxygens (including phenoxy) is 1. The Morgan fingerprint density at radius 2 is 1.65 bits per heavy atom. The normalized spacial score (nSPS) is 11.7. The van der Waals surface area contributed by atoms with E-state index in [1.54, 1.807) is 0 Å². The van der Waals surface area contributed by atoms with Crippen molar-refractivity contribution in [1.82, 2.24) is 0 Å². The molecule has 0 heterocycles. The first-order valence-corrected chi connectivity index (χ1v) is 6.55. The number of hydrogen-bond donors (Lipinski definition) is 2. The van der Waals surface area contributed by atoms with Gasteiger partial charge in [-0.3, -0.25) is 4.79 Å². The van der Waals surface area contributed by atoms with Gasteiger partial charge in [0, 0.05) is 12.1 Å². The van der Waals surface area contributed by atoms with E-state index < -0.39 is 6.04 Å². The molecule has 1 amide bonds. The summed E-state index contributed by atoms with van der Waals surface area (Å²) < 4.78 is 5.52. The highest BCUT2D eigenvalue weighted by atomic mass is 16.5. The molecule has 3 N–H and O–H groups in total. The summed E-state index contributed by atoms with van der Waals surface area (Å²) in [5, 5.41) is 2.77. The van der Waals surface area contributed by atoms with Gasteiger partial charge in [0.1, 0.15) is 5.75 Å². The lowest BCUT2D eigenvalue weighted by Gasteiger charge is -2.13. The molecule has 0 aliphatic carbocycles. The van der Waals surface area contributed by atoms with Gasteiger partial charge in [0.25, 0.3) is 0 Å². The molecule has 1 atom stereocenters. The van der Waals surface area contributed by atoms with Crippen LogP contribution in [0.2, 0.25) is 0 Å². The van der Waals surface area contributed by atoms with Crippen LogP contribution >= 0.6 is 0 Å². The predicted octanol–water partition coefficient (Wildman–Crippen LogP) is 2.42. The predicted molar refractivity (Wildman–Crippen MR) is 79.6 cm³/mol. The molecule has 0 fully saturated rings. The SMILES string of the molecule is NC(CCOc1ccccc1)C(=O)Nc1ccccc1. The van der Waals surface area contributed by atoms with Crippen LogP contribution in [-0.2, 0) is 4.79 Å². The number of hydrogen-bond acceptors (Lipinski definition) is 3. The van der Waals surface area contributed by atoms with Crippen molar-refractivity contribution in [2.75, 3.05) is 11.9 Å². The summed E-state index contributed by atoms with van der Waals surface area (Å²) in [6.45, 7) is 0.410. The molecule has 0 saturated carbocycles. The Morgan fingerprint density at radius 1 is 1.05 bits per heavy atom. The number of para-hydroxylation sites is 2. The summed E-state index contributed by atoms with van der Waals surface area (Å²) >= 11 is 0. The number of amides is 1. The maximum absolute atomic E-state index is 11.9. The second-order valence-corrected chi connectivity index (χ2v) is 4.41. The van der Waals surface area contributed by atoms with Crippen LogP contribution in [0.1, 0.15) is 6.42 Å². The van der Waals surface area contributed by atoms with E-state index in [0.717, 1.165) is 11.4 Å². The van der Waals surface area contributed by atoms with Crippen LogP contribution in [0, 0.1) is 0 Å². The van der Waals surface area contributed by atoms with Gasteiger partial charge in [0.2, 0.25) is 5.91 Å². The highest BCUT2D eigenvalue weighted by Gasteiger charge is 2.13. The van der Waals surface area contributed by atoms with Crippen LogP contribution in [0.4, 0.5) is 5.69 Å². The molecular formula is C16H18N2O2. The van der Waals surface area contributed by atoms with Gasteiger partial charge in [-0.15, -0.1) is 0 Å². The van der Waals surface area contributed by atoms with Gasteiger partial charge in [0.05, 0.1) is 12.6 Å². The molecule has 4 nitrogen and oxygen atoms in total. The van der Waals surface area contributed by atoms with Gasteiger partial charge in [-0.2, -0.15) is 0 Å². The first-order chi connectivity index (χ1) is 9.75. The van der Waals surface area contributed by atoms with Crippen LogP contribution < -0.4 is 15.8 Å². The Balaban J connectivity index is 1.74. The zero-order chi connectivity index (χ0) is 14.2. The number of carbonyl (C=O) groups is 1. The molecule has 0 bridgehead atoms. The van der Waals surface area contributed by atoms with Crippen molar-refractivity contribution in [3.63, 3.8) is 0 Å². The minimum Gasteiger partial charge on any atom is -0.494 e. The fourth-order valence-electron chi connectivity index (χ4n) is 1.71. The lowest BCUT2D eigenvalue weighted by molar-refractivity contribution is -0.117. The molecule has 0 spiro atoms. The smallest absolute Gasteiger partial charge is 0.241 e. The summed E-state index contributed by atoms with van der Waals surface area (Å²) in [6, 6.07) is 18.1. The second-order valence-electron chi connectivity index (χ2n) is 4.41. The van der Waals surface area contributed by atoms with Crippen molar-refractivity contribution in [2.24, 2.45) is 5.73 Å². The van der Waals surface area contributed by atoms with Crippen LogP contribution in [0.25, 0.3) is 0 Å². The molecule has 0 saturated heterocycles. The Bertz CT molecular complexity index is 529. The fourth-order valence-corrected chi connectivity index (χ4v) is 1.71. The molecular weight excluding hydrogens is 252 g/mol. The van der Waals surface area contributed by atoms with E-state index in [-0.39, 0.29) is 5.91 Å². The molecule has 4 heteroatoms. The number of rotatable bonds is 6. The van der Waals surface area contributed by atoms with E-state index >= 15 is 0 Å². The maximum Gasteiger partial charge on any atom is 0.241 e. The summed E-state index contributed by atoms with van der Waals surface area (Å²) in [5.41, 5.74) is 6.58. The highest BCUT2D eigenvalue weighted by molar-refractivity contribution is 5.94. The van der Waals surface area contributed by atoms with Crippen molar-refractivity contribution < 1.29 is 9.53 Å². The largest absolute Gasteiger partial charge is 0.494 e. The molecule has 2 rings (SSSR count). The minimum atomic E-state index is -0.584. The number of nitrogens with one attached hydrogen (secondary N) is 1. The fraction of sp³-hybridized carbons (Fsp3) is 0.188. The Labute approximate surface area is 118 Å². The van der Waals surface area contributed by atoms with Crippen molar-refractivity contribution in [2.45, 2.75) is 12.5 Å². The number of anilines is 1. The molecule has 0 aliphatic rings. The molecule has 0 aromatic heterocycles. The van der Waals surface area contributed by atoms with Crippen LogP contribution in [0.5, 0.6) is 5.75 Å². The monoisotopic (exact) mass is 270 g/mol. The summed E-state index contributed by atoms with van der Waals surface area (Å²) in [4.78, 5) is 11.9. The number of nitrogens with two attached hydrogens (primary N) is 1. The zero-order valence-electron chi connectivity index (χ0n) is 11.2. The van der Waals surface area contributed by atoms with Crippen molar-refractivity contribution in [3.05, 3.63) is 60.7 Å². The summed E-state index contributed by atoms with van der Waals surface area (Å²) in [6.07, 6.45) is 0.466. The molecule has 0 aliphatic heterocycles. The minimum absolute atomic E-state index is 0.201. The third-order valence-corrected chi connectivity index (χ3v) is 2.82. The zero-order valence-corrected chi connectivity index (χ0v) is 11.2. The van der Waals surface area contributed by atoms with E-state index in [9.17, 15) is 4.79 Å². The van der Waals surface area contributed by atoms with Crippen molar-refractivity contribution >= 4 is 11.6 Å². The third-order valence-electron chi connectivity index (χ3n) is 2.82. The third kappa shape index (κ3) is 4.40. The van der Waals surface area contributed by atoms with Gasteiger partial charge in [-0.1, -0.05) is 36.4 Å². The van der Waals surface area contributed by atoms with Gasteiger partial charge in [-0.05, 0) is 24.3 Å². The van der Waals surface area contributed by atoms with Crippen LogP contribution in [0.3, 0.4) is 0 Å². The lowest BCUT2D eigenvalue weighted by atomic mass is 10.2. The van der Waals surface area contributed by atoms with Crippen LogP contribution in [0.15, 0.2) is 60.7 Å². The molecule has 1 unspecified atom stereocenters. The van der Waals surface area contributed by atoms with Crippen molar-refractivity contribution in [1.29, 1.82) is 0 Å². The van der Waals surface area contributed by atoms with Gasteiger partial charge < -0.3 is 15.8 Å². The molecule has 2 aromatic carbocycles. The van der Waals surface area contributed by atoms with Gasteiger partial charge in [-0.25, -0.2) is 0 Å². The standard InChI is InChI=1S/C16H18N2O2/c17-15(11-12-20-14-9-5-2-6-10-14)16(19)18-13-7-3-1-4-8-13/h1-10,15H,11-12,17H2,(H,18,19). The first kappa shape index (κ1) is 14.1. The quantitative estimate of drug-likeness (QED) is 0.847. The van der Waals surface area contributed by atoms with Crippen LogP contribution in [-0.4, -0.2) is 18.6 Å².